The molecular formula is C20H19AuFP. The summed E-state index contributed by atoms with van der Waals surface area (Å²) in [6, 6.07) is 30.2. The van der Waals surface area contributed by atoms with Gasteiger partial charge in [0.25, 0.3) is 0 Å². The van der Waals surface area contributed by atoms with Gasteiger partial charge in [0.2, 0.25) is 0 Å². The van der Waals surface area contributed by atoms with E-state index in [2.05, 4.69) is 73.7 Å². The third kappa shape index (κ3) is 6.81. The van der Waals surface area contributed by atoms with E-state index in [0.29, 0.717) is 0 Å². The zero-order valence-electron chi connectivity index (χ0n) is 12.9. The molecule has 3 aromatic rings. The van der Waals surface area contributed by atoms with Crippen molar-refractivity contribution in [1.29, 1.82) is 0 Å². The van der Waals surface area contributed by atoms with Crippen molar-refractivity contribution in [3.05, 3.63) is 96.8 Å². The normalized spacial score (nSPS) is 9.52. The van der Waals surface area contributed by atoms with Crippen molar-refractivity contribution < 1.29 is 26.8 Å². The van der Waals surface area contributed by atoms with Crippen molar-refractivity contribution in [3.63, 3.8) is 0 Å². The summed E-state index contributed by atoms with van der Waals surface area (Å²) in [5, 5.41) is 2.95. The fourth-order valence-corrected chi connectivity index (χ4v) is 4.19. The van der Waals surface area contributed by atoms with Gasteiger partial charge >= 0.3 is 22.4 Å². The molecule has 0 aliphatic carbocycles. The van der Waals surface area contributed by atoms with Crippen LogP contribution in [0.25, 0.3) is 0 Å². The van der Waals surface area contributed by atoms with E-state index in [9.17, 15) is 4.39 Å². The zero-order chi connectivity index (χ0) is 15.6. The summed E-state index contributed by atoms with van der Waals surface area (Å²) in [5.74, 6) is -0.234. The standard InChI is InChI=1S/C14H15P.C6H4F.Au/c1-2-15(13-9-5-3-6-10-13)14-11-7-4-8-12-14;7-6-4-2-1-3-5-6;/h3-12H,2H2,1H3;1-2,4-5H;/q;-1;+1. The molecule has 3 heteroatoms. The van der Waals surface area contributed by atoms with Crippen molar-refractivity contribution >= 4 is 18.5 Å². The molecule has 0 heterocycles. The second kappa shape index (κ2) is 11.3. The van der Waals surface area contributed by atoms with Gasteiger partial charge in [0.15, 0.2) is 0 Å². The molecule has 0 aliphatic rings. The Hall–Kier alpha value is -1.24. The van der Waals surface area contributed by atoms with Crippen LogP contribution < -0.4 is 10.6 Å². The Balaban J connectivity index is 0.000000280. The van der Waals surface area contributed by atoms with Crippen molar-refractivity contribution in [2.75, 3.05) is 6.16 Å². The Labute approximate surface area is 155 Å². The van der Waals surface area contributed by atoms with E-state index in [0.717, 1.165) is 0 Å². The molecule has 0 saturated heterocycles. The molecule has 0 fully saturated rings. The van der Waals surface area contributed by atoms with E-state index in [1.807, 2.05) is 0 Å². The number of rotatable bonds is 3. The number of benzene rings is 3. The molecule has 0 amide bonds. The Kier molecular flexibility index (Phi) is 9.75. The summed E-state index contributed by atoms with van der Waals surface area (Å²) in [7, 11) is -0.149. The summed E-state index contributed by atoms with van der Waals surface area (Å²) in [5.41, 5.74) is 0. The average molecular weight is 506 g/mol. The largest absolute Gasteiger partial charge is 1.00 e. The van der Waals surface area contributed by atoms with Gasteiger partial charge in [-0.1, -0.05) is 67.6 Å². The molecule has 122 valence electrons. The first kappa shape index (κ1) is 19.8. The van der Waals surface area contributed by atoms with Crippen LogP contribution in [-0.4, -0.2) is 6.16 Å². The maximum Gasteiger partial charge on any atom is 1.00 e. The van der Waals surface area contributed by atoms with Crippen LogP contribution in [0.15, 0.2) is 84.9 Å². The van der Waals surface area contributed by atoms with Gasteiger partial charge in [-0.25, -0.2) is 0 Å². The van der Waals surface area contributed by atoms with Gasteiger partial charge in [-0.3, -0.25) is 4.39 Å². The molecular weight excluding hydrogens is 487 g/mol. The minimum absolute atomic E-state index is 0. The zero-order valence-corrected chi connectivity index (χ0v) is 16.0. The molecule has 0 radical (unpaired) electrons. The van der Waals surface area contributed by atoms with Crippen LogP contribution in [0.5, 0.6) is 0 Å². The maximum atomic E-state index is 11.9. The van der Waals surface area contributed by atoms with Gasteiger partial charge in [0.1, 0.15) is 0 Å². The Morgan fingerprint density at radius 3 is 1.65 bits per heavy atom. The van der Waals surface area contributed by atoms with Crippen LogP contribution in [0, 0.1) is 11.9 Å². The predicted octanol–water partition coefficient (Wildman–Crippen LogP) is 4.76. The average Bonchev–Trinajstić information content (AvgIpc) is 2.59. The van der Waals surface area contributed by atoms with Crippen molar-refractivity contribution in [1.82, 2.24) is 0 Å². The quantitative estimate of drug-likeness (QED) is 0.273. The van der Waals surface area contributed by atoms with Crippen LogP contribution in [0.1, 0.15) is 6.92 Å². The van der Waals surface area contributed by atoms with Gasteiger partial charge < -0.3 is 0 Å². The molecule has 0 aromatic heterocycles. The Morgan fingerprint density at radius 1 is 0.826 bits per heavy atom. The first-order valence-corrected chi connectivity index (χ1v) is 8.83. The van der Waals surface area contributed by atoms with Gasteiger partial charge in [0, 0.05) is 5.82 Å². The van der Waals surface area contributed by atoms with Crippen LogP contribution in [-0.2, 0) is 22.4 Å². The van der Waals surface area contributed by atoms with Crippen LogP contribution >= 0.6 is 7.92 Å². The summed E-state index contributed by atoms with van der Waals surface area (Å²) in [4.78, 5) is 0. The van der Waals surface area contributed by atoms with E-state index in [1.165, 1.54) is 28.9 Å². The van der Waals surface area contributed by atoms with Crippen LogP contribution in [0.3, 0.4) is 0 Å². The monoisotopic (exact) mass is 506 g/mol. The van der Waals surface area contributed by atoms with Crippen LogP contribution in [0.2, 0.25) is 0 Å². The van der Waals surface area contributed by atoms with E-state index in [-0.39, 0.29) is 36.1 Å². The molecule has 0 unspecified atom stereocenters. The Morgan fingerprint density at radius 2 is 1.35 bits per heavy atom. The fourth-order valence-electron chi connectivity index (χ4n) is 2.10. The van der Waals surface area contributed by atoms with E-state index in [1.54, 1.807) is 12.1 Å². The topological polar surface area (TPSA) is 0 Å². The summed E-state index contributed by atoms with van der Waals surface area (Å²) >= 11 is 0. The number of hydrogen-bond acceptors (Lipinski definition) is 0. The SMILES string of the molecule is CCP(c1ccccc1)c1ccccc1.Fc1c[c-]ccc1.[Au+]. The molecule has 0 saturated carbocycles. The fraction of sp³-hybridized carbons (Fsp3) is 0.100. The first-order valence-electron chi connectivity index (χ1n) is 7.30. The first-order chi connectivity index (χ1) is 10.8. The van der Waals surface area contributed by atoms with Gasteiger partial charge in [-0.2, -0.15) is 18.2 Å². The molecule has 0 atom stereocenters. The molecule has 0 N–H and O–H groups in total. The molecule has 0 spiro atoms. The smallest absolute Gasteiger partial charge is 0.284 e. The van der Waals surface area contributed by atoms with Crippen molar-refractivity contribution in [2.45, 2.75) is 6.92 Å². The number of halogens is 1. The third-order valence-corrected chi connectivity index (χ3v) is 5.60. The van der Waals surface area contributed by atoms with Gasteiger partial charge in [-0.05, 0) is 24.7 Å². The molecule has 0 bridgehead atoms. The van der Waals surface area contributed by atoms with Crippen LogP contribution in [0.4, 0.5) is 4.39 Å². The molecule has 3 rings (SSSR count). The molecule has 3 aromatic carbocycles. The summed E-state index contributed by atoms with van der Waals surface area (Å²) in [6.07, 6.45) is 1.21. The summed E-state index contributed by atoms with van der Waals surface area (Å²) < 4.78 is 11.9. The van der Waals surface area contributed by atoms with E-state index >= 15 is 0 Å². The maximum absolute atomic E-state index is 11.9. The van der Waals surface area contributed by atoms with E-state index in [4.69, 9.17) is 0 Å². The van der Waals surface area contributed by atoms with Gasteiger partial charge in [-0.15, -0.1) is 12.1 Å². The predicted molar refractivity (Wildman–Crippen MR) is 94.8 cm³/mol. The Bertz CT molecular complexity index is 605. The summed E-state index contributed by atoms with van der Waals surface area (Å²) in [6.45, 7) is 2.27. The molecule has 23 heavy (non-hydrogen) atoms. The minimum atomic E-state index is -0.234. The van der Waals surface area contributed by atoms with Gasteiger partial charge in [0.05, 0.1) is 0 Å². The second-order valence-corrected chi connectivity index (χ2v) is 7.16. The molecule has 0 nitrogen and oxygen atoms in total. The minimum Gasteiger partial charge on any atom is -0.284 e. The second-order valence-electron chi connectivity index (χ2n) is 4.64. The third-order valence-electron chi connectivity index (χ3n) is 3.12. The number of hydrogen-bond donors (Lipinski definition) is 0. The van der Waals surface area contributed by atoms with Crippen molar-refractivity contribution in [3.8, 4) is 0 Å². The molecule has 0 aliphatic heterocycles. The van der Waals surface area contributed by atoms with E-state index < -0.39 is 0 Å². The van der Waals surface area contributed by atoms with Crippen molar-refractivity contribution in [2.24, 2.45) is 0 Å².